The number of aromatic nitrogens is 2. The van der Waals surface area contributed by atoms with Crippen LogP contribution in [-0.4, -0.2) is 54.4 Å². The summed E-state index contributed by atoms with van der Waals surface area (Å²) in [6.45, 7) is 0.683. The number of piperidine rings is 1. The Morgan fingerprint density at radius 2 is 1.97 bits per heavy atom. The second-order valence-corrected chi connectivity index (χ2v) is 6.93. The molecule has 3 rings (SSSR count). The minimum atomic E-state index is -4.55. The molecule has 10 heteroatoms. The number of alkyl halides is 3. The molecule has 2 amide bonds. The molecule has 1 aliphatic rings. The van der Waals surface area contributed by atoms with Gasteiger partial charge in [0.05, 0.1) is 17.8 Å². The Hall–Kier alpha value is -3.04. The molecule has 0 aliphatic carbocycles. The molecule has 1 aromatic carbocycles. The molecule has 2 heterocycles. The summed E-state index contributed by atoms with van der Waals surface area (Å²) in [4.78, 5) is 15.8. The van der Waals surface area contributed by atoms with E-state index in [9.17, 15) is 18.0 Å². The monoisotopic (exact) mass is 409 g/mol. The number of ether oxygens (including phenoxy) is 1. The molecule has 7 nitrogen and oxygen atoms in total. The average Bonchev–Trinajstić information content (AvgIpc) is 2.68. The van der Waals surface area contributed by atoms with Gasteiger partial charge in [0, 0.05) is 26.7 Å². The maximum atomic E-state index is 13.1. The van der Waals surface area contributed by atoms with Crippen LogP contribution in [0.15, 0.2) is 36.4 Å². The number of nitrogens with zero attached hydrogens (tertiary/aromatic N) is 4. The molecular weight excluding hydrogens is 387 g/mol. The van der Waals surface area contributed by atoms with Gasteiger partial charge in [-0.1, -0.05) is 12.1 Å². The van der Waals surface area contributed by atoms with Gasteiger partial charge < -0.3 is 19.9 Å². The quantitative estimate of drug-likeness (QED) is 0.835. The number of para-hydroxylation sites is 1. The molecule has 1 atom stereocenters. The van der Waals surface area contributed by atoms with Crippen molar-refractivity contribution in [3.05, 3.63) is 42.0 Å². The molecule has 0 saturated carbocycles. The van der Waals surface area contributed by atoms with E-state index in [0.29, 0.717) is 31.1 Å². The topological polar surface area (TPSA) is 70.6 Å². The van der Waals surface area contributed by atoms with Crippen LogP contribution in [-0.2, 0) is 6.18 Å². The molecular formula is C19H22F3N5O2. The number of urea groups is 1. The van der Waals surface area contributed by atoms with Crippen molar-refractivity contribution in [1.82, 2.24) is 15.1 Å². The van der Waals surface area contributed by atoms with Crippen molar-refractivity contribution in [2.24, 2.45) is 0 Å². The summed E-state index contributed by atoms with van der Waals surface area (Å²) in [7, 11) is 3.69. The van der Waals surface area contributed by atoms with E-state index >= 15 is 0 Å². The number of carbonyl (C=O) groups is 1. The predicted octanol–water partition coefficient (Wildman–Crippen LogP) is 3.64. The van der Waals surface area contributed by atoms with Crippen molar-refractivity contribution >= 4 is 17.5 Å². The molecule has 29 heavy (non-hydrogen) atoms. The Labute approximate surface area is 166 Å². The van der Waals surface area contributed by atoms with E-state index in [-0.39, 0.29) is 18.3 Å². The first-order chi connectivity index (χ1) is 13.7. The molecule has 0 radical (unpaired) electrons. The van der Waals surface area contributed by atoms with Crippen molar-refractivity contribution in [2.45, 2.75) is 25.1 Å². The fourth-order valence-corrected chi connectivity index (χ4v) is 3.04. The smallest absolute Gasteiger partial charge is 0.418 e. The second kappa shape index (κ2) is 8.54. The highest BCUT2D eigenvalue weighted by molar-refractivity contribution is 5.90. The zero-order chi connectivity index (χ0) is 21.0. The minimum absolute atomic E-state index is 0.247. The largest absolute Gasteiger partial charge is 0.471 e. The highest BCUT2D eigenvalue weighted by atomic mass is 19.4. The van der Waals surface area contributed by atoms with Gasteiger partial charge in [0.1, 0.15) is 6.10 Å². The number of nitrogens with one attached hydrogen (secondary N) is 1. The zero-order valence-electron chi connectivity index (χ0n) is 16.1. The molecule has 2 aromatic rings. The van der Waals surface area contributed by atoms with Crippen LogP contribution in [0, 0.1) is 0 Å². The van der Waals surface area contributed by atoms with Crippen molar-refractivity contribution < 1.29 is 22.7 Å². The number of halogens is 3. The third-order valence-corrected chi connectivity index (χ3v) is 4.51. The maximum absolute atomic E-state index is 13.1. The first-order valence-electron chi connectivity index (χ1n) is 9.14. The number of amides is 2. The van der Waals surface area contributed by atoms with E-state index in [1.165, 1.54) is 23.1 Å². The van der Waals surface area contributed by atoms with Gasteiger partial charge in [-0.05, 0) is 31.0 Å². The molecule has 156 valence electrons. The summed E-state index contributed by atoms with van der Waals surface area (Å²) in [5, 5.41) is 10.4. The second-order valence-electron chi connectivity index (χ2n) is 6.93. The van der Waals surface area contributed by atoms with Gasteiger partial charge >= 0.3 is 12.2 Å². The third kappa shape index (κ3) is 5.27. The first kappa shape index (κ1) is 20.7. The van der Waals surface area contributed by atoms with Gasteiger partial charge in [0.15, 0.2) is 5.82 Å². The zero-order valence-corrected chi connectivity index (χ0v) is 16.1. The lowest BCUT2D eigenvalue weighted by Crippen LogP contribution is -2.46. The molecule has 1 saturated heterocycles. The first-order valence-corrected chi connectivity index (χ1v) is 9.14. The molecule has 1 aromatic heterocycles. The lowest BCUT2D eigenvalue weighted by molar-refractivity contribution is -0.136. The number of hydrogen-bond acceptors (Lipinski definition) is 5. The van der Waals surface area contributed by atoms with Gasteiger partial charge in [0.2, 0.25) is 5.88 Å². The van der Waals surface area contributed by atoms with Gasteiger partial charge in [-0.25, -0.2) is 4.79 Å². The number of benzene rings is 1. The van der Waals surface area contributed by atoms with E-state index < -0.39 is 17.8 Å². The van der Waals surface area contributed by atoms with Crippen molar-refractivity contribution in [1.29, 1.82) is 0 Å². The molecule has 0 spiro atoms. The number of likely N-dealkylation sites (tertiary alicyclic amines) is 1. The normalized spacial score (nSPS) is 17.0. The Morgan fingerprint density at radius 3 is 2.62 bits per heavy atom. The molecule has 0 bridgehead atoms. The lowest BCUT2D eigenvalue weighted by atomic mass is 10.1. The van der Waals surface area contributed by atoms with Gasteiger partial charge in [0.25, 0.3) is 0 Å². The van der Waals surface area contributed by atoms with Crippen LogP contribution < -0.4 is 15.0 Å². The van der Waals surface area contributed by atoms with Crippen molar-refractivity contribution in [3.8, 4) is 5.88 Å². The standard InChI is InChI=1S/C19H22F3N5O2/c1-26(2)16-9-10-17(25-24-16)29-13-6-5-11-27(12-13)18(28)23-15-8-4-3-7-14(15)19(20,21)22/h3-4,7-10,13H,5-6,11-12H2,1-2H3,(H,23,28). The fraction of sp³-hybridized carbons (Fsp3) is 0.421. The third-order valence-electron chi connectivity index (χ3n) is 4.51. The van der Waals surface area contributed by atoms with Gasteiger partial charge in [-0.15, -0.1) is 10.2 Å². The Balaban J connectivity index is 1.63. The molecule has 1 unspecified atom stereocenters. The Morgan fingerprint density at radius 1 is 1.21 bits per heavy atom. The van der Waals surface area contributed by atoms with Crippen LogP contribution in [0.3, 0.4) is 0 Å². The number of hydrogen-bond donors (Lipinski definition) is 1. The van der Waals surface area contributed by atoms with E-state index in [4.69, 9.17) is 4.74 Å². The van der Waals surface area contributed by atoms with Crippen LogP contribution >= 0.6 is 0 Å². The Bertz CT molecular complexity index is 842. The van der Waals surface area contributed by atoms with Crippen molar-refractivity contribution in [2.75, 3.05) is 37.4 Å². The van der Waals surface area contributed by atoms with E-state index in [1.807, 2.05) is 19.0 Å². The minimum Gasteiger partial charge on any atom is -0.471 e. The van der Waals surface area contributed by atoms with Crippen LogP contribution in [0.25, 0.3) is 0 Å². The molecule has 1 N–H and O–H groups in total. The average molecular weight is 409 g/mol. The van der Waals surface area contributed by atoms with Gasteiger partial charge in [-0.2, -0.15) is 13.2 Å². The fourth-order valence-electron chi connectivity index (χ4n) is 3.04. The summed E-state index contributed by atoms with van der Waals surface area (Å²) >= 11 is 0. The summed E-state index contributed by atoms with van der Waals surface area (Å²) < 4.78 is 45.2. The van der Waals surface area contributed by atoms with Crippen LogP contribution in [0.2, 0.25) is 0 Å². The van der Waals surface area contributed by atoms with Crippen molar-refractivity contribution in [3.63, 3.8) is 0 Å². The van der Waals surface area contributed by atoms with E-state index in [2.05, 4.69) is 15.5 Å². The lowest BCUT2D eigenvalue weighted by Gasteiger charge is -2.32. The number of anilines is 2. The summed E-state index contributed by atoms with van der Waals surface area (Å²) in [6.07, 6.45) is -3.48. The summed E-state index contributed by atoms with van der Waals surface area (Å²) in [5.41, 5.74) is -1.15. The molecule has 1 aliphatic heterocycles. The van der Waals surface area contributed by atoms with E-state index in [0.717, 1.165) is 6.07 Å². The summed E-state index contributed by atoms with van der Waals surface area (Å²) in [6, 6.07) is 7.78. The number of carbonyl (C=O) groups excluding carboxylic acids is 1. The maximum Gasteiger partial charge on any atom is 0.418 e. The highest BCUT2D eigenvalue weighted by Gasteiger charge is 2.34. The van der Waals surface area contributed by atoms with Crippen LogP contribution in [0.1, 0.15) is 18.4 Å². The van der Waals surface area contributed by atoms with E-state index in [1.54, 1.807) is 12.1 Å². The van der Waals surface area contributed by atoms with Crippen LogP contribution in [0.4, 0.5) is 29.5 Å². The SMILES string of the molecule is CN(C)c1ccc(OC2CCCN(C(=O)Nc3ccccc3C(F)(F)F)C2)nn1. The molecule has 1 fully saturated rings. The predicted molar refractivity (Wildman–Crippen MR) is 102 cm³/mol. The number of rotatable bonds is 4. The van der Waals surface area contributed by atoms with Crippen LogP contribution in [0.5, 0.6) is 5.88 Å². The summed E-state index contributed by atoms with van der Waals surface area (Å²) in [5.74, 6) is 1.02. The Kier molecular flexibility index (Phi) is 6.09. The highest BCUT2D eigenvalue weighted by Crippen LogP contribution is 2.34. The van der Waals surface area contributed by atoms with Gasteiger partial charge in [-0.3, -0.25) is 0 Å².